The smallest absolute Gasteiger partial charge is 0.0751 e. The summed E-state index contributed by atoms with van der Waals surface area (Å²) in [5.74, 6) is 0. The second-order valence-electron chi connectivity index (χ2n) is 4.83. The maximum absolute atomic E-state index is 11.5. The van der Waals surface area contributed by atoms with Gasteiger partial charge in [0.2, 0.25) is 0 Å². The number of hydrogen-bond donors (Lipinski definition) is 1. The Balaban J connectivity index is 1.84. The summed E-state index contributed by atoms with van der Waals surface area (Å²) in [4.78, 5) is 5.28. The van der Waals surface area contributed by atoms with Crippen LogP contribution in [0, 0.1) is 0 Å². The van der Waals surface area contributed by atoms with Gasteiger partial charge in [-0.1, -0.05) is 30.3 Å². The van der Waals surface area contributed by atoms with Crippen LogP contribution >= 0.6 is 0 Å². The zero-order valence-electron chi connectivity index (χ0n) is 11.7. The molecule has 0 saturated heterocycles. The molecule has 4 heteroatoms. The Kier molecular flexibility index (Phi) is 3.97. The van der Waals surface area contributed by atoms with Gasteiger partial charge in [-0.2, -0.15) is 0 Å². The Morgan fingerprint density at radius 3 is 2.76 bits per heavy atom. The molecule has 0 unspecified atom stereocenters. The average Bonchev–Trinajstić information content (AvgIpc) is 2.53. The number of aromatic nitrogens is 1. The van der Waals surface area contributed by atoms with E-state index in [-0.39, 0.29) is 0 Å². The van der Waals surface area contributed by atoms with E-state index in [1.807, 2.05) is 42.6 Å². The summed E-state index contributed by atoms with van der Waals surface area (Å²) < 4.78 is 11.5. The van der Waals surface area contributed by atoms with E-state index in [0.29, 0.717) is 6.54 Å². The van der Waals surface area contributed by atoms with Crippen LogP contribution in [0.5, 0.6) is 0 Å². The van der Waals surface area contributed by atoms with Crippen molar-refractivity contribution in [2.45, 2.75) is 11.4 Å². The van der Waals surface area contributed by atoms with E-state index in [2.05, 4.69) is 28.5 Å². The molecule has 0 spiro atoms. The Labute approximate surface area is 126 Å². The zero-order chi connectivity index (χ0) is 14.7. The molecule has 3 aromatic rings. The van der Waals surface area contributed by atoms with Crippen molar-refractivity contribution in [3.8, 4) is 0 Å². The third kappa shape index (κ3) is 3.11. The quantitative estimate of drug-likeness (QED) is 0.800. The van der Waals surface area contributed by atoms with Gasteiger partial charge in [-0.3, -0.25) is 9.19 Å². The van der Waals surface area contributed by atoms with Crippen LogP contribution in [0.1, 0.15) is 5.56 Å². The van der Waals surface area contributed by atoms with Crippen molar-refractivity contribution in [2.24, 2.45) is 0 Å². The standard InChI is InChI=1S/C17H16N2OS/c1-21(20)16-9-3-8-15(11-16)19-12-14-6-2-5-13-7-4-10-18-17(13)14/h2-11,19H,12H2,1H3/t21-/m0/s1. The van der Waals surface area contributed by atoms with E-state index in [4.69, 9.17) is 0 Å². The Bertz CT molecular complexity index is 796. The van der Waals surface area contributed by atoms with Gasteiger partial charge in [-0.25, -0.2) is 0 Å². The lowest BCUT2D eigenvalue weighted by Gasteiger charge is -2.09. The number of hydrogen-bond acceptors (Lipinski definition) is 3. The molecule has 1 atom stereocenters. The van der Waals surface area contributed by atoms with Crippen molar-refractivity contribution in [3.05, 3.63) is 66.4 Å². The molecule has 0 aliphatic carbocycles. The Hall–Kier alpha value is -2.20. The molecular formula is C17H16N2OS. The first-order valence-corrected chi connectivity index (χ1v) is 8.30. The van der Waals surface area contributed by atoms with Crippen molar-refractivity contribution in [1.29, 1.82) is 0 Å². The maximum atomic E-state index is 11.5. The van der Waals surface area contributed by atoms with Gasteiger partial charge in [0.05, 0.1) is 5.52 Å². The number of nitrogens with zero attached hydrogens (tertiary/aromatic N) is 1. The van der Waals surface area contributed by atoms with Crippen LogP contribution in [-0.2, 0) is 17.3 Å². The topological polar surface area (TPSA) is 42.0 Å². The van der Waals surface area contributed by atoms with Gasteiger partial charge >= 0.3 is 0 Å². The minimum Gasteiger partial charge on any atom is -0.381 e. The van der Waals surface area contributed by atoms with Gasteiger partial charge in [0, 0.05) is 45.8 Å². The van der Waals surface area contributed by atoms with Crippen LogP contribution in [0.25, 0.3) is 10.9 Å². The first-order valence-electron chi connectivity index (χ1n) is 6.74. The molecule has 106 valence electrons. The van der Waals surface area contributed by atoms with Crippen molar-refractivity contribution < 1.29 is 4.21 Å². The average molecular weight is 296 g/mol. The van der Waals surface area contributed by atoms with E-state index < -0.39 is 10.8 Å². The summed E-state index contributed by atoms with van der Waals surface area (Å²) in [5.41, 5.74) is 3.13. The Morgan fingerprint density at radius 2 is 1.90 bits per heavy atom. The number of nitrogens with one attached hydrogen (secondary N) is 1. The molecule has 1 heterocycles. The first kappa shape index (κ1) is 13.8. The summed E-state index contributed by atoms with van der Waals surface area (Å²) in [5, 5.41) is 4.51. The van der Waals surface area contributed by atoms with Crippen LogP contribution in [0.4, 0.5) is 5.69 Å². The monoisotopic (exact) mass is 296 g/mol. The molecule has 0 fully saturated rings. The van der Waals surface area contributed by atoms with E-state index in [1.165, 1.54) is 0 Å². The first-order chi connectivity index (χ1) is 10.2. The van der Waals surface area contributed by atoms with Crippen LogP contribution < -0.4 is 5.32 Å². The molecule has 0 saturated carbocycles. The summed E-state index contributed by atoms with van der Waals surface area (Å²) in [7, 11) is -0.962. The van der Waals surface area contributed by atoms with Crippen LogP contribution in [-0.4, -0.2) is 15.4 Å². The number of pyridine rings is 1. The van der Waals surface area contributed by atoms with Crippen LogP contribution in [0.3, 0.4) is 0 Å². The molecule has 0 radical (unpaired) electrons. The summed E-state index contributed by atoms with van der Waals surface area (Å²) in [6, 6.07) is 17.9. The van der Waals surface area contributed by atoms with Crippen molar-refractivity contribution in [1.82, 2.24) is 4.98 Å². The third-order valence-corrected chi connectivity index (χ3v) is 4.28. The van der Waals surface area contributed by atoms with Gasteiger partial charge in [0.25, 0.3) is 0 Å². The fourth-order valence-electron chi connectivity index (χ4n) is 2.29. The van der Waals surface area contributed by atoms with Crippen molar-refractivity contribution in [3.63, 3.8) is 0 Å². The second-order valence-corrected chi connectivity index (χ2v) is 6.21. The molecule has 21 heavy (non-hydrogen) atoms. The fourth-order valence-corrected chi connectivity index (χ4v) is 2.86. The van der Waals surface area contributed by atoms with Crippen molar-refractivity contribution >= 4 is 27.4 Å². The molecular weight excluding hydrogens is 280 g/mol. The lowest BCUT2D eigenvalue weighted by molar-refractivity contribution is 0.687. The summed E-state index contributed by atoms with van der Waals surface area (Å²) >= 11 is 0. The minimum absolute atomic E-state index is 0.689. The Morgan fingerprint density at radius 1 is 1.10 bits per heavy atom. The number of fused-ring (bicyclic) bond motifs is 1. The molecule has 1 aromatic heterocycles. The summed E-state index contributed by atoms with van der Waals surface area (Å²) in [6.07, 6.45) is 3.50. The largest absolute Gasteiger partial charge is 0.381 e. The highest BCUT2D eigenvalue weighted by atomic mass is 32.2. The van der Waals surface area contributed by atoms with Gasteiger partial charge < -0.3 is 5.32 Å². The van der Waals surface area contributed by atoms with E-state index in [0.717, 1.165) is 27.0 Å². The molecule has 0 aliphatic heterocycles. The van der Waals surface area contributed by atoms with Gasteiger partial charge in [-0.05, 0) is 29.8 Å². The maximum Gasteiger partial charge on any atom is 0.0751 e. The molecule has 0 amide bonds. The lowest BCUT2D eigenvalue weighted by atomic mass is 10.1. The highest BCUT2D eigenvalue weighted by Gasteiger charge is 2.03. The fraction of sp³-hybridized carbons (Fsp3) is 0.118. The highest BCUT2D eigenvalue weighted by molar-refractivity contribution is 7.84. The number of rotatable bonds is 4. The number of benzene rings is 2. The highest BCUT2D eigenvalue weighted by Crippen LogP contribution is 2.18. The second kappa shape index (κ2) is 6.06. The van der Waals surface area contributed by atoms with Crippen molar-refractivity contribution in [2.75, 3.05) is 11.6 Å². The molecule has 3 nitrogen and oxygen atoms in total. The third-order valence-electron chi connectivity index (χ3n) is 3.37. The van der Waals surface area contributed by atoms with Crippen LogP contribution in [0.15, 0.2) is 65.7 Å². The predicted octanol–water partition coefficient (Wildman–Crippen LogP) is 3.58. The zero-order valence-corrected chi connectivity index (χ0v) is 12.6. The van der Waals surface area contributed by atoms with Crippen LogP contribution in [0.2, 0.25) is 0 Å². The van der Waals surface area contributed by atoms with Gasteiger partial charge in [-0.15, -0.1) is 0 Å². The van der Waals surface area contributed by atoms with E-state index in [1.54, 1.807) is 6.26 Å². The number of para-hydroxylation sites is 1. The molecule has 1 N–H and O–H groups in total. The molecule has 3 rings (SSSR count). The molecule has 0 bridgehead atoms. The van der Waals surface area contributed by atoms with Gasteiger partial charge in [0.1, 0.15) is 0 Å². The number of anilines is 1. The SMILES string of the molecule is C[S@](=O)c1cccc(NCc2cccc3cccnc23)c1. The van der Waals surface area contributed by atoms with E-state index >= 15 is 0 Å². The minimum atomic E-state index is -0.962. The van der Waals surface area contributed by atoms with Gasteiger partial charge in [0.15, 0.2) is 0 Å². The summed E-state index contributed by atoms with van der Waals surface area (Å²) in [6.45, 7) is 0.689. The predicted molar refractivity (Wildman–Crippen MR) is 87.8 cm³/mol. The van der Waals surface area contributed by atoms with E-state index in [9.17, 15) is 4.21 Å². The lowest BCUT2D eigenvalue weighted by Crippen LogP contribution is -2.01. The molecule has 2 aromatic carbocycles. The molecule has 0 aliphatic rings. The normalized spacial score (nSPS) is 12.2.